The summed E-state index contributed by atoms with van der Waals surface area (Å²) in [5.41, 5.74) is 0.0608. The third-order valence-electron chi connectivity index (χ3n) is 5.03. The van der Waals surface area contributed by atoms with E-state index in [2.05, 4.69) is 15.6 Å². The van der Waals surface area contributed by atoms with Crippen molar-refractivity contribution in [3.05, 3.63) is 0 Å². The molecule has 1 spiro atoms. The van der Waals surface area contributed by atoms with Gasteiger partial charge in [0.05, 0.1) is 5.60 Å². The molecule has 2 heterocycles. The van der Waals surface area contributed by atoms with Crippen LogP contribution in [0, 0.1) is 0 Å². The minimum absolute atomic E-state index is 0. The number of nitrogens with one attached hydrogen (secondary N) is 2. The number of carbonyl (C=O) groups excluding carboxylic acids is 1. The first-order valence-electron chi connectivity index (χ1n) is 9.06. The van der Waals surface area contributed by atoms with Crippen LogP contribution >= 0.6 is 35.7 Å². The molecule has 3 fully saturated rings. The highest BCUT2D eigenvalue weighted by molar-refractivity contribution is 14.0. The van der Waals surface area contributed by atoms with E-state index in [9.17, 15) is 4.79 Å². The third kappa shape index (κ3) is 6.46. The molecule has 6 nitrogen and oxygen atoms in total. The number of halogens is 1. The number of ether oxygens (including phenoxy) is 1. The van der Waals surface area contributed by atoms with Crippen LogP contribution < -0.4 is 10.6 Å². The predicted molar refractivity (Wildman–Crippen MR) is 114 cm³/mol. The van der Waals surface area contributed by atoms with Gasteiger partial charge in [-0.1, -0.05) is 0 Å². The molecule has 0 aromatic heterocycles. The van der Waals surface area contributed by atoms with Crippen LogP contribution in [0.3, 0.4) is 0 Å². The monoisotopic (exact) mass is 482 g/mol. The topological polar surface area (TPSA) is 66.0 Å². The van der Waals surface area contributed by atoms with E-state index in [-0.39, 0.29) is 42.0 Å². The number of likely N-dealkylation sites (N-methyl/N-ethyl adjacent to an activating group) is 1. The summed E-state index contributed by atoms with van der Waals surface area (Å²) in [5, 5.41) is 7.02. The molecule has 1 atom stereocenters. The predicted octanol–water partition coefficient (Wildman–Crippen LogP) is 1.83. The van der Waals surface area contributed by atoms with E-state index < -0.39 is 0 Å². The second-order valence-corrected chi connectivity index (χ2v) is 8.57. The molecule has 2 saturated heterocycles. The minimum Gasteiger partial charge on any atom is -0.375 e. The van der Waals surface area contributed by atoms with Crippen molar-refractivity contribution in [3.63, 3.8) is 0 Å². The summed E-state index contributed by atoms with van der Waals surface area (Å²) in [6, 6.07) is 0.895. The Hall–Kier alpha value is -0.220. The van der Waals surface area contributed by atoms with Crippen LogP contribution in [0.15, 0.2) is 4.99 Å². The summed E-state index contributed by atoms with van der Waals surface area (Å²) in [4.78, 5) is 17.9. The van der Waals surface area contributed by atoms with Gasteiger partial charge in [0.25, 0.3) is 0 Å². The highest BCUT2D eigenvalue weighted by atomic mass is 127. The Balaban J connectivity index is 0.00000225. The van der Waals surface area contributed by atoms with E-state index in [0.717, 1.165) is 38.2 Å². The molecule has 1 amide bonds. The van der Waals surface area contributed by atoms with Gasteiger partial charge in [0, 0.05) is 32.8 Å². The molecular weight excluding hydrogens is 451 g/mol. The van der Waals surface area contributed by atoms with Crippen LogP contribution in [-0.4, -0.2) is 73.2 Å². The second-order valence-electron chi connectivity index (χ2n) is 7.35. The molecule has 3 rings (SSSR count). The Morgan fingerprint density at radius 3 is 2.52 bits per heavy atom. The molecule has 2 N–H and O–H groups in total. The van der Waals surface area contributed by atoms with Crippen LogP contribution in [0.25, 0.3) is 0 Å². The Kier molecular flexibility index (Phi) is 8.13. The van der Waals surface area contributed by atoms with Crippen LogP contribution in [0.4, 0.5) is 0 Å². The van der Waals surface area contributed by atoms with Gasteiger partial charge in [0.15, 0.2) is 5.96 Å². The normalized spacial score (nSPS) is 25.8. The number of hydrogen-bond donors (Lipinski definition) is 2. The van der Waals surface area contributed by atoms with Gasteiger partial charge in [-0.15, -0.1) is 24.0 Å². The zero-order valence-corrected chi connectivity index (χ0v) is 18.4. The smallest absolute Gasteiger partial charge is 0.243 e. The summed E-state index contributed by atoms with van der Waals surface area (Å²) >= 11 is 2.03. The number of amides is 1. The SMILES string of the molecule is CN(C)C(=O)CN=C(NC1CC1)NC1CCOC2(CCSCC2)C1.I. The zero-order chi connectivity index (χ0) is 17.0. The Bertz CT molecular complexity index is 474. The van der Waals surface area contributed by atoms with Crippen molar-refractivity contribution in [1.29, 1.82) is 0 Å². The van der Waals surface area contributed by atoms with Gasteiger partial charge in [-0.2, -0.15) is 11.8 Å². The van der Waals surface area contributed by atoms with Crippen LogP contribution in [0.2, 0.25) is 0 Å². The maximum absolute atomic E-state index is 11.8. The maximum Gasteiger partial charge on any atom is 0.243 e. The van der Waals surface area contributed by atoms with Gasteiger partial charge in [-0.05, 0) is 50.0 Å². The molecule has 8 heteroatoms. The van der Waals surface area contributed by atoms with Crippen LogP contribution in [0.5, 0.6) is 0 Å². The zero-order valence-electron chi connectivity index (χ0n) is 15.3. The molecule has 0 aromatic rings. The summed E-state index contributed by atoms with van der Waals surface area (Å²) in [5.74, 6) is 3.22. The van der Waals surface area contributed by atoms with Crippen LogP contribution in [-0.2, 0) is 9.53 Å². The molecule has 0 bridgehead atoms. The number of thioether (sulfide) groups is 1. The fraction of sp³-hybridized carbons (Fsp3) is 0.882. The van der Waals surface area contributed by atoms with Gasteiger partial charge in [0.2, 0.25) is 5.91 Å². The number of nitrogens with zero attached hydrogens (tertiary/aromatic N) is 2. The van der Waals surface area contributed by atoms with E-state index in [0.29, 0.717) is 12.1 Å². The van der Waals surface area contributed by atoms with Crippen molar-refractivity contribution in [2.24, 2.45) is 4.99 Å². The molecule has 1 unspecified atom stereocenters. The molecule has 2 aliphatic heterocycles. The standard InChI is InChI=1S/C17H30N4O2S.HI/c1-21(2)15(22)12-18-16(19-13-3-4-13)20-14-5-8-23-17(11-14)6-9-24-10-7-17;/h13-14H,3-12H2,1-2H3,(H2,18,19,20);1H. The molecular formula is C17H31IN4O2S. The molecule has 1 saturated carbocycles. The van der Waals surface area contributed by atoms with E-state index in [4.69, 9.17) is 4.74 Å². The summed E-state index contributed by atoms with van der Waals surface area (Å²) < 4.78 is 6.17. The van der Waals surface area contributed by atoms with Gasteiger partial charge >= 0.3 is 0 Å². The molecule has 1 aliphatic carbocycles. The highest BCUT2D eigenvalue weighted by Gasteiger charge is 2.39. The van der Waals surface area contributed by atoms with Gasteiger partial charge < -0.3 is 20.3 Å². The molecule has 0 radical (unpaired) electrons. The van der Waals surface area contributed by atoms with Gasteiger partial charge in [0.1, 0.15) is 6.54 Å². The number of rotatable bonds is 4. The number of aliphatic imine (C=N–C) groups is 1. The molecule has 0 aromatic carbocycles. The lowest BCUT2D eigenvalue weighted by atomic mass is 9.85. The van der Waals surface area contributed by atoms with E-state index >= 15 is 0 Å². The first-order valence-corrected chi connectivity index (χ1v) is 10.2. The van der Waals surface area contributed by atoms with Gasteiger partial charge in [-0.25, -0.2) is 4.99 Å². The second kappa shape index (κ2) is 9.64. The number of carbonyl (C=O) groups is 1. The maximum atomic E-state index is 11.8. The Morgan fingerprint density at radius 1 is 1.20 bits per heavy atom. The van der Waals surface area contributed by atoms with Crippen molar-refractivity contribution < 1.29 is 9.53 Å². The van der Waals surface area contributed by atoms with Crippen molar-refractivity contribution in [1.82, 2.24) is 15.5 Å². The molecule has 25 heavy (non-hydrogen) atoms. The minimum atomic E-state index is 0. The first kappa shape index (κ1) is 21.1. The molecule has 3 aliphatic rings. The van der Waals surface area contributed by atoms with Crippen molar-refractivity contribution in [2.75, 3.05) is 38.8 Å². The van der Waals surface area contributed by atoms with E-state index in [1.54, 1.807) is 19.0 Å². The Labute approximate surface area is 172 Å². The van der Waals surface area contributed by atoms with Crippen molar-refractivity contribution in [2.45, 2.75) is 56.2 Å². The summed E-state index contributed by atoms with van der Waals surface area (Å²) in [6.45, 7) is 1.01. The van der Waals surface area contributed by atoms with Crippen molar-refractivity contribution in [3.8, 4) is 0 Å². The summed E-state index contributed by atoms with van der Waals surface area (Å²) in [6.07, 6.45) is 6.73. The number of hydrogen-bond acceptors (Lipinski definition) is 4. The van der Waals surface area contributed by atoms with Crippen LogP contribution in [0.1, 0.15) is 38.5 Å². The van der Waals surface area contributed by atoms with Crippen molar-refractivity contribution >= 4 is 47.6 Å². The fourth-order valence-corrected chi connectivity index (χ4v) is 4.52. The van der Waals surface area contributed by atoms with E-state index in [1.165, 1.54) is 24.3 Å². The lowest BCUT2D eigenvalue weighted by molar-refractivity contribution is -0.127. The molecule has 144 valence electrons. The lowest BCUT2D eigenvalue weighted by Crippen LogP contribution is -2.53. The average molecular weight is 482 g/mol. The van der Waals surface area contributed by atoms with E-state index in [1.807, 2.05) is 11.8 Å². The lowest BCUT2D eigenvalue weighted by Gasteiger charge is -2.43. The highest BCUT2D eigenvalue weighted by Crippen LogP contribution is 2.37. The fourth-order valence-electron chi connectivity index (χ4n) is 3.28. The largest absolute Gasteiger partial charge is 0.375 e. The third-order valence-corrected chi connectivity index (χ3v) is 6.01. The summed E-state index contributed by atoms with van der Waals surface area (Å²) in [7, 11) is 3.53. The quantitative estimate of drug-likeness (QED) is 0.364. The van der Waals surface area contributed by atoms with Gasteiger partial charge in [-0.3, -0.25) is 4.79 Å². The Morgan fingerprint density at radius 2 is 1.88 bits per heavy atom. The average Bonchev–Trinajstić information content (AvgIpc) is 3.37. The number of guanidine groups is 1. The first-order chi connectivity index (χ1) is 11.6.